The van der Waals surface area contributed by atoms with E-state index in [1.165, 1.54) is 19.1 Å². The van der Waals surface area contributed by atoms with Gasteiger partial charge in [-0.15, -0.1) is 0 Å². The van der Waals surface area contributed by atoms with E-state index in [2.05, 4.69) is 10.6 Å². The average Bonchev–Trinajstić information content (AvgIpc) is 2.67. The van der Waals surface area contributed by atoms with Gasteiger partial charge in [0, 0.05) is 19.8 Å². The number of rotatable bonds is 8. The molecule has 2 aromatic rings. The fourth-order valence-corrected chi connectivity index (χ4v) is 2.84. The van der Waals surface area contributed by atoms with Crippen molar-refractivity contribution in [1.82, 2.24) is 10.6 Å². The number of carbonyl (C=O) groups excluding carboxylic acids is 2. The van der Waals surface area contributed by atoms with Gasteiger partial charge in [-0.3, -0.25) is 9.59 Å². The molecule has 0 unspecified atom stereocenters. The molecule has 2 aromatic carbocycles. The number of carbonyl (C=O) groups is 3. The zero-order valence-corrected chi connectivity index (χ0v) is 16.1. The van der Waals surface area contributed by atoms with Crippen LogP contribution in [0.3, 0.4) is 0 Å². The highest BCUT2D eigenvalue weighted by Gasteiger charge is 2.30. The van der Waals surface area contributed by atoms with Crippen LogP contribution in [0.2, 0.25) is 0 Å². The molecule has 0 saturated carbocycles. The van der Waals surface area contributed by atoms with E-state index in [1.807, 2.05) is 0 Å². The highest BCUT2D eigenvalue weighted by atomic mass is 19.4. The Labute approximate surface area is 171 Å². The standard InChI is InChI=1S/C21H21F3N2O4/c1-13(27)25-17(11-14-5-3-2-4-6-14)19(28)26-18(20(29)30)12-15-7-9-16(10-8-15)21(22,23)24/h2-10,17-18H,11-12H2,1H3,(H,25,27)(H,26,28)(H,29,30)/t17-,18-/m1/s1. The normalized spacial score (nSPS) is 13.2. The van der Waals surface area contributed by atoms with Crippen molar-refractivity contribution in [3.05, 3.63) is 71.3 Å². The summed E-state index contributed by atoms with van der Waals surface area (Å²) in [6.45, 7) is 1.24. The summed E-state index contributed by atoms with van der Waals surface area (Å²) < 4.78 is 38.0. The third-order valence-corrected chi connectivity index (χ3v) is 4.31. The van der Waals surface area contributed by atoms with Gasteiger partial charge in [0.15, 0.2) is 0 Å². The first-order valence-electron chi connectivity index (χ1n) is 9.06. The molecule has 0 aliphatic rings. The molecule has 0 spiro atoms. The van der Waals surface area contributed by atoms with Gasteiger partial charge < -0.3 is 15.7 Å². The van der Waals surface area contributed by atoms with E-state index >= 15 is 0 Å². The minimum atomic E-state index is -4.50. The fourth-order valence-electron chi connectivity index (χ4n) is 2.84. The van der Waals surface area contributed by atoms with E-state index in [1.54, 1.807) is 30.3 Å². The number of carboxylic acids is 1. The Kier molecular flexibility index (Phi) is 7.57. The van der Waals surface area contributed by atoms with Gasteiger partial charge in [0.1, 0.15) is 12.1 Å². The van der Waals surface area contributed by atoms with Crippen LogP contribution in [0.1, 0.15) is 23.6 Å². The van der Waals surface area contributed by atoms with Crippen LogP contribution in [-0.2, 0) is 33.4 Å². The molecule has 0 saturated heterocycles. The molecule has 0 fully saturated rings. The van der Waals surface area contributed by atoms with Crippen LogP contribution in [0, 0.1) is 0 Å². The number of hydrogen-bond acceptors (Lipinski definition) is 3. The summed E-state index contributed by atoms with van der Waals surface area (Å²) in [7, 11) is 0. The van der Waals surface area contributed by atoms with Gasteiger partial charge in [-0.2, -0.15) is 13.2 Å². The zero-order chi connectivity index (χ0) is 22.3. The molecule has 160 valence electrons. The van der Waals surface area contributed by atoms with Crippen LogP contribution in [0.15, 0.2) is 54.6 Å². The first kappa shape index (κ1) is 22.9. The van der Waals surface area contributed by atoms with Gasteiger partial charge in [0.25, 0.3) is 0 Å². The maximum atomic E-state index is 12.7. The Morgan fingerprint density at radius 3 is 1.90 bits per heavy atom. The Hall–Kier alpha value is -3.36. The van der Waals surface area contributed by atoms with Crippen LogP contribution in [0.25, 0.3) is 0 Å². The monoisotopic (exact) mass is 422 g/mol. The molecule has 2 atom stereocenters. The Morgan fingerprint density at radius 2 is 1.40 bits per heavy atom. The second-order valence-electron chi connectivity index (χ2n) is 6.74. The smallest absolute Gasteiger partial charge is 0.416 e. The van der Waals surface area contributed by atoms with Gasteiger partial charge in [-0.25, -0.2) is 4.79 Å². The van der Waals surface area contributed by atoms with E-state index in [0.717, 1.165) is 17.7 Å². The summed E-state index contributed by atoms with van der Waals surface area (Å²) in [6.07, 6.45) is -4.56. The predicted octanol–water partition coefficient (Wildman–Crippen LogP) is 2.56. The number of hydrogen-bond donors (Lipinski definition) is 3. The van der Waals surface area contributed by atoms with E-state index < -0.39 is 41.6 Å². The van der Waals surface area contributed by atoms with E-state index in [9.17, 15) is 32.7 Å². The average molecular weight is 422 g/mol. The minimum Gasteiger partial charge on any atom is -0.480 e. The summed E-state index contributed by atoms with van der Waals surface area (Å²) in [5.41, 5.74) is 0.228. The highest BCUT2D eigenvalue weighted by molar-refractivity contribution is 5.90. The quantitative estimate of drug-likeness (QED) is 0.609. The lowest BCUT2D eigenvalue weighted by atomic mass is 10.0. The topological polar surface area (TPSA) is 95.5 Å². The Balaban J connectivity index is 2.11. The first-order chi connectivity index (χ1) is 14.1. The van der Waals surface area contributed by atoms with Gasteiger partial charge in [-0.1, -0.05) is 42.5 Å². The van der Waals surface area contributed by atoms with E-state index in [-0.39, 0.29) is 12.8 Å². The van der Waals surface area contributed by atoms with Crippen molar-refractivity contribution in [3.63, 3.8) is 0 Å². The molecule has 0 bridgehead atoms. The molecule has 30 heavy (non-hydrogen) atoms. The summed E-state index contributed by atoms with van der Waals surface area (Å²) in [5, 5.41) is 14.3. The molecule has 3 N–H and O–H groups in total. The summed E-state index contributed by atoms with van der Waals surface area (Å²) in [4.78, 5) is 35.7. The molecule has 0 heterocycles. The van der Waals surface area contributed by atoms with Gasteiger partial charge in [0.2, 0.25) is 11.8 Å². The summed E-state index contributed by atoms with van der Waals surface area (Å²) in [5.74, 6) is -2.50. The molecule has 6 nitrogen and oxygen atoms in total. The third kappa shape index (κ3) is 6.91. The lowest BCUT2D eigenvalue weighted by Gasteiger charge is -2.21. The lowest BCUT2D eigenvalue weighted by Crippen LogP contribution is -2.52. The summed E-state index contributed by atoms with van der Waals surface area (Å²) in [6, 6.07) is 10.5. The van der Waals surface area contributed by atoms with Crippen LogP contribution in [0.5, 0.6) is 0 Å². The number of amides is 2. The Morgan fingerprint density at radius 1 is 0.867 bits per heavy atom. The molecular weight excluding hydrogens is 401 g/mol. The number of benzene rings is 2. The number of halogens is 3. The van der Waals surface area contributed by atoms with Crippen molar-refractivity contribution in [2.75, 3.05) is 0 Å². The maximum Gasteiger partial charge on any atom is 0.416 e. The third-order valence-electron chi connectivity index (χ3n) is 4.31. The number of nitrogens with one attached hydrogen (secondary N) is 2. The predicted molar refractivity (Wildman–Crippen MR) is 102 cm³/mol. The molecule has 0 aromatic heterocycles. The van der Waals surface area contributed by atoms with Crippen molar-refractivity contribution in [2.45, 2.75) is 38.0 Å². The Bertz CT molecular complexity index is 883. The molecule has 9 heteroatoms. The maximum absolute atomic E-state index is 12.7. The largest absolute Gasteiger partial charge is 0.480 e. The lowest BCUT2D eigenvalue weighted by molar-refractivity contribution is -0.142. The van der Waals surface area contributed by atoms with Crippen molar-refractivity contribution in [3.8, 4) is 0 Å². The van der Waals surface area contributed by atoms with Gasteiger partial charge in [-0.05, 0) is 23.3 Å². The molecule has 0 aliphatic carbocycles. The van der Waals surface area contributed by atoms with Crippen molar-refractivity contribution in [1.29, 1.82) is 0 Å². The van der Waals surface area contributed by atoms with Crippen molar-refractivity contribution in [2.24, 2.45) is 0 Å². The molecule has 2 amide bonds. The van der Waals surface area contributed by atoms with Crippen LogP contribution < -0.4 is 10.6 Å². The van der Waals surface area contributed by atoms with Crippen LogP contribution in [0.4, 0.5) is 13.2 Å². The van der Waals surface area contributed by atoms with Gasteiger partial charge in [0.05, 0.1) is 5.56 Å². The van der Waals surface area contributed by atoms with Crippen molar-refractivity contribution < 1.29 is 32.7 Å². The highest BCUT2D eigenvalue weighted by Crippen LogP contribution is 2.29. The summed E-state index contributed by atoms with van der Waals surface area (Å²) >= 11 is 0. The van der Waals surface area contributed by atoms with E-state index in [0.29, 0.717) is 5.56 Å². The number of aliphatic carboxylic acids is 1. The molecular formula is C21H21F3N2O4. The van der Waals surface area contributed by atoms with Crippen LogP contribution >= 0.6 is 0 Å². The zero-order valence-electron chi connectivity index (χ0n) is 16.1. The fraction of sp³-hybridized carbons (Fsp3) is 0.286. The molecule has 2 rings (SSSR count). The van der Waals surface area contributed by atoms with Crippen LogP contribution in [-0.4, -0.2) is 35.0 Å². The molecule has 0 radical (unpaired) electrons. The SMILES string of the molecule is CC(=O)N[C@H](Cc1ccccc1)C(=O)N[C@H](Cc1ccc(C(F)(F)F)cc1)C(=O)O. The minimum absolute atomic E-state index is 0.152. The van der Waals surface area contributed by atoms with Gasteiger partial charge >= 0.3 is 12.1 Å². The van der Waals surface area contributed by atoms with E-state index in [4.69, 9.17) is 0 Å². The number of alkyl halides is 3. The molecule has 0 aliphatic heterocycles. The second-order valence-corrected chi connectivity index (χ2v) is 6.74. The number of carboxylic acid groups (broad SMARTS) is 1. The first-order valence-corrected chi connectivity index (χ1v) is 9.06. The van der Waals surface area contributed by atoms with Crippen molar-refractivity contribution >= 4 is 17.8 Å². The second kappa shape index (κ2) is 9.91.